The van der Waals surface area contributed by atoms with Crippen LogP contribution in [0, 0.1) is 49.4 Å². The molecule has 3 heteroatoms. The standard InChI is InChI=1S/C5H5.2C2H5.2ClH.La/c1-2-4-5-3-1;2*1-2;;;/h1-5H;2*1H2,2H3;2*1H;/q3*-1;;;+3/p-2. The number of hydrogen-bond acceptors (Lipinski definition) is 0. The van der Waals surface area contributed by atoms with Gasteiger partial charge in [0.1, 0.15) is 0 Å². The molecule has 70 valence electrons. The number of rotatable bonds is 0. The molecule has 0 aliphatic rings. The van der Waals surface area contributed by atoms with E-state index in [2.05, 4.69) is 13.8 Å². The van der Waals surface area contributed by atoms with Gasteiger partial charge in [-0.25, -0.2) is 12.1 Å². The van der Waals surface area contributed by atoms with E-state index in [9.17, 15) is 0 Å². The third kappa shape index (κ3) is 30.4. The Labute approximate surface area is 117 Å². The third-order valence-electron chi connectivity index (χ3n) is 0.556. The first-order valence-corrected chi connectivity index (χ1v) is 3.08. The summed E-state index contributed by atoms with van der Waals surface area (Å²) >= 11 is 0. The molecule has 0 nitrogen and oxygen atoms in total. The predicted octanol–water partition coefficient (Wildman–Crippen LogP) is -2.91. The first-order chi connectivity index (χ1) is 4.50. The molecule has 12 heavy (non-hydrogen) atoms. The van der Waals surface area contributed by atoms with E-state index in [0.717, 1.165) is 0 Å². The van der Waals surface area contributed by atoms with Gasteiger partial charge in [-0.15, -0.1) is 0 Å². The molecule has 0 radical (unpaired) electrons. The fraction of sp³-hybridized carbons (Fsp3) is 0.222. The Morgan fingerprint density at radius 2 is 1.08 bits per heavy atom. The van der Waals surface area contributed by atoms with E-state index in [1.807, 2.05) is 30.3 Å². The molecule has 0 aliphatic heterocycles. The summed E-state index contributed by atoms with van der Waals surface area (Å²) in [6.45, 7) is 10.0. The van der Waals surface area contributed by atoms with Crippen molar-refractivity contribution in [2.75, 3.05) is 0 Å². The van der Waals surface area contributed by atoms with Crippen LogP contribution in [0.2, 0.25) is 0 Å². The SMILES string of the molecule is [CH2-]C.[CH2-]C.[Cl-].[Cl-].[La+3].c1cc[cH-]c1. The van der Waals surface area contributed by atoms with Gasteiger partial charge < -0.3 is 38.7 Å². The van der Waals surface area contributed by atoms with Crippen molar-refractivity contribution in [1.29, 1.82) is 0 Å². The van der Waals surface area contributed by atoms with Crippen LogP contribution < -0.4 is 24.8 Å². The summed E-state index contributed by atoms with van der Waals surface area (Å²) < 4.78 is 0. The van der Waals surface area contributed by atoms with Gasteiger partial charge in [-0.2, -0.15) is 32.0 Å². The van der Waals surface area contributed by atoms with Crippen molar-refractivity contribution >= 4 is 0 Å². The summed E-state index contributed by atoms with van der Waals surface area (Å²) in [5.41, 5.74) is 0. The third-order valence-corrected chi connectivity index (χ3v) is 0.556. The molecule has 0 aromatic heterocycles. The van der Waals surface area contributed by atoms with E-state index < -0.39 is 0 Å². The van der Waals surface area contributed by atoms with Crippen molar-refractivity contribution in [3.63, 3.8) is 0 Å². The molecule has 0 saturated heterocycles. The minimum atomic E-state index is 0. The zero-order chi connectivity index (χ0) is 7.54. The van der Waals surface area contributed by atoms with Crippen LogP contribution in [0.3, 0.4) is 0 Å². The monoisotopic (exact) mass is 332 g/mol. The molecular formula is C9H15Cl2La-2. The van der Waals surface area contributed by atoms with Crippen LogP contribution in [-0.4, -0.2) is 0 Å². The quantitative estimate of drug-likeness (QED) is 0.447. The van der Waals surface area contributed by atoms with E-state index in [1.54, 1.807) is 13.8 Å². The normalized spacial score (nSPS) is 4.33. The Morgan fingerprint density at radius 1 is 0.833 bits per heavy atom. The largest absolute Gasteiger partial charge is 3.00 e. The zero-order valence-electron chi connectivity index (χ0n) is 7.63. The van der Waals surface area contributed by atoms with E-state index >= 15 is 0 Å². The first kappa shape index (κ1) is 29.2. The van der Waals surface area contributed by atoms with Crippen molar-refractivity contribution < 1.29 is 60.4 Å². The van der Waals surface area contributed by atoms with Crippen LogP contribution in [0.5, 0.6) is 0 Å². The molecule has 0 saturated carbocycles. The molecule has 0 spiro atoms. The van der Waals surface area contributed by atoms with E-state index in [1.165, 1.54) is 0 Å². The summed E-state index contributed by atoms with van der Waals surface area (Å²) in [4.78, 5) is 0. The zero-order valence-corrected chi connectivity index (χ0v) is 12.8. The Kier molecular flexibility index (Phi) is 97.4. The smallest absolute Gasteiger partial charge is 1.00 e. The van der Waals surface area contributed by atoms with Crippen LogP contribution in [0.4, 0.5) is 0 Å². The molecule has 1 aromatic carbocycles. The number of halogens is 2. The molecule has 0 bridgehead atoms. The van der Waals surface area contributed by atoms with Gasteiger partial charge in [0.15, 0.2) is 0 Å². The predicted molar refractivity (Wildman–Crippen MR) is 44.1 cm³/mol. The van der Waals surface area contributed by atoms with Gasteiger partial charge in [0.2, 0.25) is 0 Å². The Hall–Kier alpha value is 1.12. The Bertz CT molecular complexity index is 69.0. The molecule has 0 fully saturated rings. The van der Waals surface area contributed by atoms with Crippen LogP contribution in [0.1, 0.15) is 13.8 Å². The van der Waals surface area contributed by atoms with Crippen LogP contribution in [-0.2, 0) is 0 Å². The molecule has 0 heterocycles. The molecular weight excluding hydrogens is 318 g/mol. The molecule has 0 atom stereocenters. The van der Waals surface area contributed by atoms with Gasteiger partial charge in [-0.1, -0.05) is 0 Å². The van der Waals surface area contributed by atoms with Crippen molar-refractivity contribution in [1.82, 2.24) is 0 Å². The molecule has 1 rings (SSSR count). The van der Waals surface area contributed by atoms with E-state index in [-0.39, 0.29) is 60.4 Å². The molecule has 0 amide bonds. The second kappa shape index (κ2) is 40.0. The van der Waals surface area contributed by atoms with Crippen molar-refractivity contribution in [2.45, 2.75) is 13.8 Å². The van der Waals surface area contributed by atoms with Crippen LogP contribution in [0.15, 0.2) is 30.3 Å². The molecule has 1 aromatic rings. The van der Waals surface area contributed by atoms with Crippen molar-refractivity contribution in [2.24, 2.45) is 0 Å². The maximum absolute atomic E-state index is 3.25. The topological polar surface area (TPSA) is 0 Å². The van der Waals surface area contributed by atoms with Gasteiger partial charge in [-0.05, 0) is 0 Å². The second-order valence-electron chi connectivity index (χ2n) is 0.962. The first-order valence-electron chi connectivity index (χ1n) is 3.08. The number of hydrogen-bond donors (Lipinski definition) is 0. The Morgan fingerprint density at radius 3 is 1.17 bits per heavy atom. The summed E-state index contributed by atoms with van der Waals surface area (Å²) in [5.74, 6) is 0. The van der Waals surface area contributed by atoms with Gasteiger partial charge in [-0.3, -0.25) is 0 Å². The van der Waals surface area contributed by atoms with Crippen molar-refractivity contribution in [3.8, 4) is 0 Å². The summed E-state index contributed by atoms with van der Waals surface area (Å²) in [6, 6.07) is 10.0. The van der Waals surface area contributed by atoms with Crippen molar-refractivity contribution in [3.05, 3.63) is 44.2 Å². The Balaban J connectivity index is -0.0000000213. The fourth-order valence-corrected chi connectivity index (χ4v) is 0.321. The second-order valence-corrected chi connectivity index (χ2v) is 0.962. The van der Waals surface area contributed by atoms with Crippen LogP contribution in [0.25, 0.3) is 0 Å². The maximum Gasteiger partial charge on any atom is 3.00 e. The average molecular weight is 333 g/mol. The summed E-state index contributed by atoms with van der Waals surface area (Å²) in [6.07, 6.45) is 0. The van der Waals surface area contributed by atoms with E-state index in [4.69, 9.17) is 0 Å². The average Bonchev–Trinajstić information content (AvgIpc) is 2.51. The fourth-order valence-electron chi connectivity index (χ4n) is 0.321. The molecule has 0 aliphatic carbocycles. The van der Waals surface area contributed by atoms with E-state index in [0.29, 0.717) is 0 Å². The summed E-state index contributed by atoms with van der Waals surface area (Å²) in [5, 5.41) is 0. The molecule has 0 N–H and O–H groups in total. The van der Waals surface area contributed by atoms with Gasteiger partial charge >= 0.3 is 35.6 Å². The minimum absolute atomic E-state index is 0. The molecule has 0 unspecified atom stereocenters. The van der Waals surface area contributed by atoms with Gasteiger partial charge in [0.25, 0.3) is 0 Å². The summed E-state index contributed by atoms with van der Waals surface area (Å²) in [7, 11) is 0. The minimum Gasteiger partial charge on any atom is -1.00 e. The van der Waals surface area contributed by atoms with Gasteiger partial charge in [0, 0.05) is 0 Å². The maximum atomic E-state index is 3.25. The van der Waals surface area contributed by atoms with Gasteiger partial charge in [0.05, 0.1) is 0 Å². The van der Waals surface area contributed by atoms with Crippen LogP contribution >= 0.6 is 0 Å².